The molecule has 136 valence electrons. The Morgan fingerprint density at radius 3 is 2.44 bits per heavy atom. The zero-order chi connectivity index (χ0) is 18.0. The van der Waals surface area contributed by atoms with Crippen molar-refractivity contribution >= 4 is 11.9 Å². The second-order valence-corrected chi connectivity index (χ2v) is 7.60. The molecule has 2 fully saturated rings. The largest absolute Gasteiger partial charge is 0.466 e. The van der Waals surface area contributed by atoms with Crippen LogP contribution in [-0.4, -0.2) is 48.0 Å². The summed E-state index contributed by atoms with van der Waals surface area (Å²) in [7, 11) is 0. The van der Waals surface area contributed by atoms with Gasteiger partial charge in [-0.15, -0.1) is 0 Å². The molecule has 1 atom stereocenters. The Balaban J connectivity index is 1.61. The van der Waals surface area contributed by atoms with E-state index in [2.05, 4.69) is 17.0 Å². The summed E-state index contributed by atoms with van der Waals surface area (Å²) in [6, 6.07) is 10.4. The van der Waals surface area contributed by atoms with Crippen molar-refractivity contribution in [1.82, 2.24) is 9.80 Å². The van der Waals surface area contributed by atoms with Gasteiger partial charge in [-0.25, -0.2) is 0 Å². The summed E-state index contributed by atoms with van der Waals surface area (Å²) < 4.78 is 5.13. The topological polar surface area (TPSA) is 49.9 Å². The number of hydrogen-bond donors (Lipinski definition) is 0. The van der Waals surface area contributed by atoms with Crippen LogP contribution in [0.15, 0.2) is 30.3 Å². The Bertz CT molecular complexity index is 621. The first-order valence-electron chi connectivity index (χ1n) is 9.20. The van der Waals surface area contributed by atoms with Gasteiger partial charge in [0.1, 0.15) is 0 Å². The van der Waals surface area contributed by atoms with Gasteiger partial charge in [-0.2, -0.15) is 0 Å². The van der Waals surface area contributed by atoms with E-state index in [-0.39, 0.29) is 29.3 Å². The van der Waals surface area contributed by atoms with Crippen molar-refractivity contribution in [2.75, 3.05) is 26.4 Å². The predicted octanol–water partition coefficient (Wildman–Crippen LogP) is 2.83. The number of amides is 1. The van der Waals surface area contributed by atoms with Gasteiger partial charge in [0.2, 0.25) is 5.91 Å². The van der Waals surface area contributed by atoms with Gasteiger partial charge in [0.15, 0.2) is 0 Å². The van der Waals surface area contributed by atoms with Gasteiger partial charge < -0.3 is 9.64 Å². The molecule has 5 nitrogen and oxygen atoms in total. The lowest BCUT2D eigenvalue weighted by molar-refractivity contribution is -0.175. The molecule has 1 amide bonds. The SMILES string of the molecule is CCOC(=O)C1CCN(CN2C(=O)C(C)(C)[C@H]2c2ccccc2)CC1. The summed E-state index contributed by atoms with van der Waals surface area (Å²) >= 11 is 0. The van der Waals surface area contributed by atoms with E-state index in [1.807, 2.05) is 43.9 Å². The first-order chi connectivity index (χ1) is 11.9. The molecule has 0 aromatic heterocycles. The fraction of sp³-hybridized carbons (Fsp3) is 0.600. The molecule has 1 aromatic carbocycles. The molecule has 0 N–H and O–H groups in total. The predicted molar refractivity (Wildman–Crippen MR) is 95.6 cm³/mol. The molecule has 0 spiro atoms. The summed E-state index contributed by atoms with van der Waals surface area (Å²) in [6.45, 7) is 8.62. The van der Waals surface area contributed by atoms with Crippen molar-refractivity contribution in [3.8, 4) is 0 Å². The van der Waals surface area contributed by atoms with E-state index in [4.69, 9.17) is 4.74 Å². The van der Waals surface area contributed by atoms with E-state index in [9.17, 15) is 9.59 Å². The first kappa shape index (κ1) is 17.9. The summed E-state index contributed by atoms with van der Waals surface area (Å²) in [5.41, 5.74) is 0.832. The van der Waals surface area contributed by atoms with E-state index in [1.54, 1.807) is 0 Å². The van der Waals surface area contributed by atoms with Crippen LogP contribution in [0.2, 0.25) is 0 Å². The van der Waals surface area contributed by atoms with Crippen LogP contribution in [0, 0.1) is 11.3 Å². The van der Waals surface area contributed by atoms with Crippen LogP contribution >= 0.6 is 0 Å². The monoisotopic (exact) mass is 344 g/mol. The number of benzene rings is 1. The van der Waals surface area contributed by atoms with Crippen molar-refractivity contribution < 1.29 is 14.3 Å². The van der Waals surface area contributed by atoms with Gasteiger partial charge in [-0.3, -0.25) is 14.5 Å². The van der Waals surface area contributed by atoms with Crippen LogP contribution in [0.25, 0.3) is 0 Å². The fourth-order valence-electron chi connectivity index (χ4n) is 4.09. The fourth-order valence-corrected chi connectivity index (χ4v) is 4.09. The highest BCUT2D eigenvalue weighted by molar-refractivity contribution is 5.89. The Hall–Kier alpha value is -1.88. The number of likely N-dealkylation sites (tertiary alicyclic amines) is 2. The van der Waals surface area contributed by atoms with Crippen molar-refractivity contribution in [1.29, 1.82) is 0 Å². The second-order valence-electron chi connectivity index (χ2n) is 7.60. The van der Waals surface area contributed by atoms with E-state index < -0.39 is 0 Å². The zero-order valence-electron chi connectivity index (χ0n) is 15.4. The molecule has 5 heteroatoms. The smallest absolute Gasteiger partial charge is 0.309 e. The number of hydrogen-bond acceptors (Lipinski definition) is 4. The molecule has 0 bridgehead atoms. The molecule has 1 aromatic rings. The molecule has 2 aliphatic rings. The summed E-state index contributed by atoms with van der Waals surface area (Å²) in [4.78, 5) is 28.7. The molecule has 0 unspecified atom stereocenters. The maximum atomic E-state index is 12.6. The number of carbonyl (C=O) groups excluding carboxylic acids is 2. The van der Waals surface area contributed by atoms with Crippen molar-refractivity contribution in [2.45, 2.75) is 39.7 Å². The Labute approximate surface area is 149 Å². The number of piperidine rings is 1. The summed E-state index contributed by atoms with van der Waals surface area (Å²) in [6.07, 6.45) is 1.61. The van der Waals surface area contributed by atoms with Gasteiger partial charge in [0, 0.05) is 13.1 Å². The highest BCUT2D eigenvalue weighted by atomic mass is 16.5. The third-order valence-corrected chi connectivity index (χ3v) is 5.48. The minimum atomic E-state index is -0.357. The molecular weight excluding hydrogens is 316 g/mol. The van der Waals surface area contributed by atoms with Crippen LogP contribution in [-0.2, 0) is 14.3 Å². The lowest BCUT2D eigenvalue weighted by Crippen LogP contribution is -2.63. The highest BCUT2D eigenvalue weighted by Gasteiger charge is 2.54. The van der Waals surface area contributed by atoms with Crippen molar-refractivity contribution in [3.05, 3.63) is 35.9 Å². The van der Waals surface area contributed by atoms with Crippen LogP contribution in [0.1, 0.15) is 45.2 Å². The molecule has 25 heavy (non-hydrogen) atoms. The average Bonchev–Trinajstić information content (AvgIpc) is 2.62. The summed E-state index contributed by atoms with van der Waals surface area (Å²) in [5, 5.41) is 0. The highest BCUT2D eigenvalue weighted by Crippen LogP contribution is 2.49. The Kier molecular flexibility index (Phi) is 5.13. The standard InChI is InChI=1S/C20H28N2O3/c1-4-25-18(23)16-10-12-21(13-11-16)14-22-17(20(2,3)19(22)24)15-8-6-5-7-9-15/h5-9,16-17H,4,10-14H2,1-3H3/t17-/m1/s1. The molecule has 0 saturated carbocycles. The third-order valence-electron chi connectivity index (χ3n) is 5.48. The second kappa shape index (κ2) is 7.16. The molecule has 0 radical (unpaired) electrons. The number of carbonyl (C=O) groups is 2. The third kappa shape index (κ3) is 3.43. The maximum Gasteiger partial charge on any atom is 0.309 e. The molecular formula is C20H28N2O3. The van der Waals surface area contributed by atoms with E-state index in [0.717, 1.165) is 25.9 Å². The molecule has 2 aliphatic heterocycles. The summed E-state index contributed by atoms with van der Waals surface area (Å²) in [5.74, 6) is 0.129. The Morgan fingerprint density at radius 1 is 1.20 bits per heavy atom. The lowest BCUT2D eigenvalue weighted by Gasteiger charge is -2.54. The Morgan fingerprint density at radius 2 is 1.84 bits per heavy atom. The number of ether oxygens (including phenoxy) is 1. The number of β-lactam (4-membered cyclic amide) rings is 1. The van der Waals surface area contributed by atoms with E-state index in [0.29, 0.717) is 13.3 Å². The lowest BCUT2D eigenvalue weighted by atomic mass is 9.71. The van der Waals surface area contributed by atoms with Gasteiger partial charge in [0.25, 0.3) is 0 Å². The van der Waals surface area contributed by atoms with Crippen LogP contribution in [0.3, 0.4) is 0 Å². The number of esters is 1. The minimum Gasteiger partial charge on any atom is -0.466 e. The van der Waals surface area contributed by atoms with Gasteiger partial charge in [-0.05, 0) is 39.2 Å². The number of rotatable bonds is 5. The number of nitrogens with zero attached hydrogens (tertiary/aromatic N) is 2. The van der Waals surface area contributed by atoms with E-state index >= 15 is 0 Å². The molecule has 2 saturated heterocycles. The maximum absolute atomic E-state index is 12.6. The molecule has 2 heterocycles. The normalized spacial score (nSPS) is 24.0. The molecule has 0 aliphatic carbocycles. The van der Waals surface area contributed by atoms with Crippen LogP contribution < -0.4 is 0 Å². The van der Waals surface area contributed by atoms with E-state index in [1.165, 1.54) is 5.56 Å². The van der Waals surface area contributed by atoms with Gasteiger partial charge >= 0.3 is 5.97 Å². The first-order valence-corrected chi connectivity index (χ1v) is 9.20. The van der Waals surface area contributed by atoms with Crippen LogP contribution in [0.5, 0.6) is 0 Å². The van der Waals surface area contributed by atoms with Crippen molar-refractivity contribution in [2.24, 2.45) is 11.3 Å². The zero-order valence-corrected chi connectivity index (χ0v) is 15.4. The van der Waals surface area contributed by atoms with Gasteiger partial charge in [-0.1, -0.05) is 30.3 Å². The molecule has 3 rings (SSSR count). The van der Waals surface area contributed by atoms with Gasteiger partial charge in [0.05, 0.1) is 30.7 Å². The minimum absolute atomic E-state index is 0.00431. The van der Waals surface area contributed by atoms with Crippen molar-refractivity contribution in [3.63, 3.8) is 0 Å². The van der Waals surface area contributed by atoms with Crippen LogP contribution in [0.4, 0.5) is 0 Å². The average molecular weight is 344 g/mol. The quantitative estimate of drug-likeness (QED) is 0.609.